The summed E-state index contributed by atoms with van der Waals surface area (Å²) >= 11 is 0. The van der Waals surface area contributed by atoms with Crippen LogP contribution in [0.25, 0.3) is 0 Å². The van der Waals surface area contributed by atoms with Crippen LogP contribution in [0.3, 0.4) is 0 Å². The van der Waals surface area contributed by atoms with Crippen molar-refractivity contribution in [2.75, 3.05) is 39.6 Å². The minimum atomic E-state index is -0.980. The molecule has 31 heavy (non-hydrogen) atoms. The van der Waals surface area contributed by atoms with Gasteiger partial charge in [0, 0.05) is 26.0 Å². The molecule has 2 N–H and O–H groups in total. The minimum absolute atomic E-state index is 0.00615. The van der Waals surface area contributed by atoms with Gasteiger partial charge in [0.05, 0.1) is 26.2 Å². The molecule has 0 aromatic rings. The lowest BCUT2D eigenvalue weighted by Gasteiger charge is -2.08. The predicted molar refractivity (Wildman–Crippen MR) is 119 cm³/mol. The fourth-order valence-electron chi connectivity index (χ4n) is 2.90. The summed E-state index contributed by atoms with van der Waals surface area (Å²) in [5.74, 6) is -1.40. The third-order valence-corrected chi connectivity index (χ3v) is 4.70. The van der Waals surface area contributed by atoms with E-state index in [4.69, 9.17) is 19.3 Å². The molecule has 0 aromatic carbocycles. The van der Waals surface area contributed by atoms with Crippen molar-refractivity contribution in [2.24, 2.45) is 0 Å². The van der Waals surface area contributed by atoms with Crippen LogP contribution in [0.5, 0.6) is 0 Å². The van der Waals surface area contributed by atoms with Gasteiger partial charge in [-0.2, -0.15) is 0 Å². The van der Waals surface area contributed by atoms with Crippen molar-refractivity contribution in [2.45, 2.75) is 90.4 Å². The van der Waals surface area contributed by atoms with Gasteiger partial charge < -0.3 is 24.6 Å². The van der Waals surface area contributed by atoms with Crippen LogP contribution >= 0.6 is 0 Å². The van der Waals surface area contributed by atoms with Gasteiger partial charge in [0.25, 0.3) is 0 Å². The van der Waals surface area contributed by atoms with Gasteiger partial charge in [-0.25, -0.2) is 0 Å². The molecule has 0 spiro atoms. The standard InChI is InChI=1S/C23H43NO7/c1-2-3-4-5-6-7-8-9-10-12-23(28)31-20-19-30-18-17-29-16-11-15-24-21(25)13-14-22(26)27/h2-20H2,1H3,(H,24,25)(H,26,27). The third kappa shape index (κ3) is 24.5. The molecule has 0 aliphatic carbocycles. The molecule has 0 rings (SSSR count). The lowest BCUT2D eigenvalue weighted by atomic mass is 10.1. The van der Waals surface area contributed by atoms with Crippen molar-refractivity contribution in [3.8, 4) is 0 Å². The molecule has 0 aliphatic rings. The molecule has 8 nitrogen and oxygen atoms in total. The number of hydrogen-bond acceptors (Lipinski definition) is 6. The molecular formula is C23H43NO7. The molecule has 0 saturated carbocycles. The highest BCUT2D eigenvalue weighted by Crippen LogP contribution is 2.10. The van der Waals surface area contributed by atoms with E-state index >= 15 is 0 Å². The van der Waals surface area contributed by atoms with Crippen LogP contribution in [0.2, 0.25) is 0 Å². The Morgan fingerprint density at radius 2 is 1.26 bits per heavy atom. The van der Waals surface area contributed by atoms with Crippen LogP contribution in [0.15, 0.2) is 0 Å². The second-order valence-corrected chi connectivity index (χ2v) is 7.62. The number of carbonyl (C=O) groups is 3. The van der Waals surface area contributed by atoms with Crippen LogP contribution in [-0.4, -0.2) is 62.5 Å². The number of carboxylic acid groups (broad SMARTS) is 1. The SMILES string of the molecule is CCCCCCCCCCCC(=O)OCCOCCOCCCNC(=O)CCC(=O)O. The molecule has 0 aliphatic heterocycles. The first-order chi connectivity index (χ1) is 15.1. The van der Waals surface area contributed by atoms with E-state index in [1.807, 2.05) is 0 Å². The quantitative estimate of drug-likeness (QED) is 0.181. The Hall–Kier alpha value is -1.67. The van der Waals surface area contributed by atoms with Crippen molar-refractivity contribution in [3.05, 3.63) is 0 Å². The number of nitrogens with one attached hydrogen (secondary N) is 1. The Bertz CT molecular complexity index is 457. The predicted octanol–water partition coefficient (Wildman–Crippen LogP) is 3.85. The van der Waals surface area contributed by atoms with Gasteiger partial charge in [-0.05, 0) is 12.8 Å². The number of rotatable bonds is 23. The Morgan fingerprint density at radius 1 is 0.677 bits per heavy atom. The third-order valence-electron chi connectivity index (χ3n) is 4.70. The number of hydrogen-bond donors (Lipinski definition) is 2. The van der Waals surface area contributed by atoms with E-state index in [9.17, 15) is 14.4 Å². The molecule has 0 aromatic heterocycles. The second-order valence-electron chi connectivity index (χ2n) is 7.62. The van der Waals surface area contributed by atoms with E-state index in [0.29, 0.717) is 45.8 Å². The van der Waals surface area contributed by atoms with Crippen LogP contribution in [0.4, 0.5) is 0 Å². The van der Waals surface area contributed by atoms with Gasteiger partial charge in [-0.1, -0.05) is 58.3 Å². The number of carbonyl (C=O) groups excluding carboxylic acids is 2. The molecule has 0 bridgehead atoms. The minimum Gasteiger partial charge on any atom is -0.481 e. The van der Waals surface area contributed by atoms with Crippen LogP contribution in [-0.2, 0) is 28.6 Å². The van der Waals surface area contributed by atoms with Crippen molar-refractivity contribution < 1.29 is 33.7 Å². The average Bonchev–Trinajstić information content (AvgIpc) is 2.74. The van der Waals surface area contributed by atoms with Gasteiger partial charge >= 0.3 is 11.9 Å². The molecule has 8 heteroatoms. The molecule has 0 atom stereocenters. The normalized spacial score (nSPS) is 10.7. The summed E-state index contributed by atoms with van der Waals surface area (Å²) in [4.78, 5) is 33.3. The number of esters is 1. The zero-order chi connectivity index (χ0) is 23.0. The number of aliphatic carboxylic acids is 1. The maximum atomic E-state index is 11.6. The molecule has 0 saturated heterocycles. The molecule has 0 heterocycles. The molecule has 0 unspecified atom stereocenters. The second kappa shape index (κ2) is 23.0. The zero-order valence-electron chi connectivity index (χ0n) is 19.3. The average molecular weight is 446 g/mol. The van der Waals surface area contributed by atoms with E-state index in [1.165, 1.54) is 44.9 Å². The Labute approximate surface area is 187 Å². The van der Waals surface area contributed by atoms with Gasteiger partial charge in [0.15, 0.2) is 0 Å². The maximum Gasteiger partial charge on any atom is 0.305 e. The smallest absolute Gasteiger partial charge is 0.305 e. The summed E-state index contributed by atoms with van der Waals surface area (Å²) in [6.45, 7) is 4.63. The summed E-state index contributed by atoms with van der Waals surface area (Å²) in [7, 11) is 0. The van der Waals surface area contributed by atoms with Gasteiger partial charge in [0.1, 0.15) is 6.61 Å². The van der Waals surface area contributed by atoms with Gasteiger partial charge in [-0.3, -0.25) is 14.4 Å². The number of carboxylic acids is 1. The Kier molecular flexibility index (Phi) is 21.8. The largest absolute Gasteiger partial charge is 0.481 e. The summed E-state index contributed by atoms with van der Waals surface area (Å²) in [6, 6.07) is 0. The lowest BCUT2D eigenvalue weighted by Crippen LogP contribution is -2.25. The first kappa shape index (κ1) is 29.3. The fourth-order valence-corrected chi connectivity index (χ4v) is 2.90. The highest BCUT2D eigenvalue weighted by atomic mass is 16.6. The Balaban J connectivity index is 3.23. The van der Waals surface area contributed by atoms with Crippen molar-refractivity contribution >= 4 is 17.8 Å². The Morgan fingerprint density at radius 3 is 1.90 bits per heavy atom. The van der Waals surface area contributed by atoms with Crippen molar-refractivity contribution in [1.82, 2.24) is 5.32 Å². The number of unbranched alkanes of at least 4 members (excludes halogenated alkanes) is 8. The zero-order valence-corrected chi connectivity index (χ0v) is 19.3. The first-order valence-corrected chi connectivity index (χ1v) is 11.9. The number of ether oxygens (including phenoxy) is 3. The summed E-state index contributed by atoms with van der Waals surface area (Å²) in [6.07, 6.45) is 12.0. The van der Waals surface area contributed by atoms with Crippen LogP contribution in [0, 0.1) is 0 Å². The van der Waals surface area contributed by atoms with E-state index in [1.54, 1.807) is 0 Å². The van der Waals surface area contributed by atoms with Gasteiger partial charge in [0.2, 0.25) is 5.91 Å². The summed E-state index contributed by atoms with van der Waals surface area (Å²) in [5.41, 5.74) is 0. The molecule has 1 amide bonds. The van der Waals surface area contributed by atoms with E-state index in [0.717, 1.165) is 12.8 Å². The fraction of sp³-hybridized carbons (Fsp3) is 0.870. The highest BCUT2D eigenvalue weighted by molar-refractivity contribution is 5.80. The summed E-state index contributed by atoms with van der Waals surface area (Å²) in [5, 5.41) is 11.1. The van der Waals surface area contributed by atoms with Crippen molar-refractivity contribution in [1.29, 1.82) is 0 Å². The highest BCUT2D eigenvalue weighted by Gasteiger charge is 2.04. The van der Waals surface area contributed by atoms with Gasteiger partial charge in [-0.15, -0.1) is 0 Å². The van der Waals surface area contributed by atoms with Crippen molar-refractivity contribution in [3.63, 3.8) is 0 Å². The monoisotopic (exact) mass is 445 g/mol. The van der Waals surface area contributed by atoms with Crippen LogP contribution < -0.4 is 5.32 Å². The molecule has 0 radical (unpaired) electrons. The lowest BCUT2D eigenvalue weighted by molar-refractivity contribution is -0.145. The molecule has 182 valence electrons. The molecular weight excluding hydrogens is 402 g/mol. The van der Waals surface area contributed by atoms with Crippen LogP contribution in [0.1, 0.15) is 90.4 Å². The maximum absolute atomic E-state index is 11.6. The first-order valence-electron chi connectivity index (χ1n) is 11.9. The van der Waals surface area contributed by atoms with E-state index < -0.39 is 5.97 Å². The van der Waals surface area contributed by atoms with E-state index in [-0.39, 0.29) is 31.3 Å². The number of amides is 1. The summed E-state index contributed by atoms with van der Waals surface area (Å²) < 4.78 is 15.9. The van der Waals surface area contributed by atoms with E-state index in [2.05, 4.69) is 12.2 Å². The molecule has 0 fully saturated rings. The topological polar surface area (TPSA) is 111 Å².